The van der Waals surface area contributed by atoms with Gasteiger partial charge in [-0.05, 0) is 43.7 Å². The molecule has 0 saturated heterocycles. The molecule has 1 heterocycles. The molecule has 3 aromatic rings. The van der Waals surface area contributed by atoms with Gasteiger partial charge in [0.15, 0.2) is 0 Å². The number of nitro groups is 1. The van der Waals surface area contributed by atoms with Gasteiger partial charge in [-0.3, -0.25) is 14.9 Å². The maximum atomic E-state index is 12.1. The highest BCUT2D eigenvalue weighted by Crippen LogP contribution is 2.31. The van der Waals surface area contributed by atoms with E-state index in [2.05, 4.69) is 26.5 Å². The van der Waals surface area contributed by atoms with Crippen LogP contribution in [0.4, 0.5) is 5.69 Å². The van der Waals surface area contributed by atoms with Crippen LogP contribution in [0, 0.1) is 24.0 Å². The highest BCUT2D eigenvalue weighted by atomic mass is 79.9. The number of aryl methyl sites for hydroxylation is 1. The number of hydrogen-bond acceptors (Lipinski definition) is 5. The Balaban J connectivity index is 1.78. The summed E-state index contributed by atoms with van der Waals surface area (Å²) in [6.07, 6.45) is 1.81. The van der Waals surface area contributed by atoms with Gasteiger partial charge in [0, 0.05) is 27.5 Å². The molecule has 0 aliphatic carbocycles. The van der Waals surface area contributed by atoms with Crippen LogP contribution in [0.1, 0.15) is 22.5 Å². The number of hydrogen-bond donors (Lipinski definition) is 1. The third-order valence-corrected chi connectivity index (χ3v) is 5.28. The summed E-state index contributed by atoms with van der Waals surface area (Å²) in [6, 6.07) is 13.9. The molecule has 0 aliphatic heterocycles. The number of nitro benzene ring substituents is 1. The van der Waals surface area contributed by atoms with Crippen molar-refractivity contribution >= 4 is 33.7 Å². The molecule has 1 aromatic heterocycles. The minimum Gasteiger partial charge on any atom is -0.494 e. The zero-order valence-electron chi connectivity index (χ0n) is 17.3. The first-order valence-electron chi connectivity index (χ1n) is 9.38. The molecule has 0 radical (unpaired) electrons. The van der Waals surface area contributed by atoms with Crippen molar-refractivity contribution in [3.63, 3.8) is 0 Å². The summed E-state index contributed by atoms with van der Waals surface area (Å²) in [5.74, 6) is 0.173. The maximum Gasteiger partial charge on any atom is 0.273 e. The summed E-state index contributed by atoms with van der Waals surface area (Å²) in [5, 5.41) is 15.1. The van der Waals surface area contributed by atoms with Crippen LogP contribution in [0.15, 0.2) is 58.1 Å². The van der Waals surface area contributed by atoms with Crippen molar-refractivity contribution in [2.45, 2.75) is 20.3 Å². The molecule has 9 heteroatoms. The van der Waals surface area contributed by atoms with Crippen LogP contribution in [0.2, 0.25) is 0 Å². The van der Waals surface area contributed by atoms with Gasteiger partial charge in [0.1, 0.15) is 5.75 Å². The molecule has 31 heavy (non-hydrogen) atoms. The molecule has 3 rings (SSSR count). The molecule has 0 fully saturated rings. The van der Waals surface area contributed by atoms with Crippen molar-refractivity contribution in [3.8, 4) is 11.4 Å². The Bertz CT molecular complexity index is 1150. The molecular formula is C22H21BrN4O4. The Morgan fingerprint density at radius 2 is 1.94 bits per heavy atom. The second kappa shape index (κ2) is 9.57. The fraction of sp³-hybridized carbons (Fsp3) is 0.182. The zero-order chi connectivity index (χ0) is 22.5. The van der Waals surface area contributed by atoms with Gasteiger partial charge in [-0.2, -0.15) is 5.10 Å². The number of amides is 1. The number of halogens is 1. The number of non-ortho nitro benzene ring substituents is 1. The molecule has 1 N–H and O–H groups in total. The van der Waals surface area contributed by atoms with E-state index < -0.39 is 4.92 Å². The number of hydrazone groups is 1. The predicted molar refractivity (Wildman–Crippen MR) is 122 cm³/mol. The van der Waals surface area contributed by atoms with E-state index in [1.165, 1.54) is 19.2 Å². The largest absolute Gasteiger partial charge is 0.494 e. The van der Waals surface area contributed by atoms with Crippen LogP contribution in [-0.2, 0) is 11.2 Å². The van der Waals surface area contributed by atoms with E-state index >= 15 is 0 Å². The highest BCUT2D eigenvalue weighted by molar-refractivity contribution is 9.10. The number of benzene rings is 2. The normalized spacial score (nSPS) is 11.0. The first-order chi connectivity index (χ1) is 14.8. The molecule has 0 saturated carbocycles. The lowest BCUT2D eigenvalue weighted by atomic mass is 10.1. The predicted octanol–water partition coefficient (Wildman–Crippen LogP) is 4.47. The minimum absolute atomic E-state index is 0.0432. The third-order valence-electron chi connectivity index (χ3n) is 4.76. The van der Waals surface area contributed by atoms with Crippen molar-refractivity contribution in [1.82, 2.24) is 9.99 Å². The lowest BCUT2D eigenvalue weighted by molar-refractivity contribution is -0.384. The maximum absolute atomic E-state index is 12.1. The van der Waals surface area contributed by atoms with Crippen LogP contribution >= 0.6 is 15.9 Å². The topological polar surface area (TPSA) is 98.8 Å². The summed E-state index contributed by atoms with van der Waals surface area (Å²) in [6.45, 7) is 3.82. The van der Waals surface area contributed by atoms with Crippen molar-refractivity contribution < 1.29 is 14.5 Å². The molecule has 2 aromatic carbocycles. The van der Waals surface area contributed by atoms with Gasteiger partial charge in [-0.25, -0.2) is 5.43 Å². The molecule has 1 amide bonds. The molecule has 160 valence electrons. The fourth-order valence-electron chi connectivity index (χ4n) is 3.25. The Morgan fingerprint density at radius 3 is 2.58 bits per heavy atom. The molecule has 0 aliphatic rings. The van der Waals surface area contributed by atoms with Crippen LogP contribution in [0.25, 0.3) is 5.69 Å². The second-order valence-corrected chi connectivity index (χ2v) is 7.79. The highest BCUT2D eigenvalue weighted by Gasteiger charge is 2.17. The van der Waals surface area contributed by atoms with Crippen LogP contribution in [0.5, 0.6) is 5.75 Å². The van der Waals surface area contributed by atoms with E-state index in [1.54, 1.807) is 12.3 Å². The molecule has 0 atom stereocenters. The van der Waals surface area contributed by atoms with Crippen LogP contribution < -0.4 is 10.2 Å². The van der Waals surface area contributed by atoms with Crippen molar-refractivity contribution in [2.75, 3.05) is 7.11 Å². The molecule has 8 nitrogen and oxygen atoms in total. The van der Waals surface area contributed by atoms with Gasteiger partial charge in [-0.1, -0.05) is 28.1 Å². The number of aromatic nitrogens is 1. The van der Waals surface area contributed by atoms with E-state index in [4.69, 9.17) is 4.74 Å². The van der Waals surface area contributed by atoms with Crippen molar-refractivity contribution in [1.29, 1.82) is 0 Å². The van der Waals surface area contributed by atoms with Gasteiger partial charge >= 0.3 is 0 Å². The van der Waals surface area contributed by atoms with Gasteiger partial charge in [0.05, 0.1) is 36.4 Å². The number of rotatable bonds is 7. The average molecular weight is 485 g/mol. The van der Waals surface area contributed by atoms with Gasteiger partial charge in [-0.15, -0.1) is 0 Å². The Morgan fingerprint density at radius 1 is 1.23 bits per heavy atom. The molecule has 0 bridgehead atoms. The van der Waals surface area contributed by atoms with Gasteiger partial charge < -0.3 is 9.30 Å². The molecular weight excluding hydrogens is 464 g/mol. The number of nitrogens with zero attached hydrogens (tertiary/aromatic N) is 3. The Hall–Kier alpha value is -3.46. The minimum atomic E-state index is -0.462. The van der Waals surface area contributed by atoms with Crippen molar-refractivity contribution in [2.24, 2.45) is 5.10 Å². The van der Waals surface area contributed by atoms with E-state index in [-0.39, 0.29) is 18.0 Å². The number of nitrogens with one attached hydrogen (secondary N) is 1. The Kier molecular flexibility index (Phi) is 6.86. The summed E-state index contributed by atoms with van der Waals surface area (Å²) in [4.78, 5) is 22.7. The zero-order valence-corrected chi connectivity index (χ0v) is 18.8. The standard InChI is InChI=1S/C22H21BrN4O4/c1-14-10-17(13-24-25-22(28)11-16-4-6-18(23)7-5-16)15(2)26(14)20-9-8-19(27(29)30)12-21(20)31-3/h4-10,12-13H,11H2,1-3H3,(H,25,28)/b24-13+. The van der Waals surface area contributed by atoms with E-state index in [0.29, 0.717) is 11.4 Å². The third kappa shape index (κ3) is 5.18. The Labute approximate surface area is 187 Å². The average Bonchev–Trinajstić information content (AvgIpc) is 3.02. The molecule has 0 unspecified atom stereocenters. The lowest BCUT2D eigenvalue weighted by Crippen LogP contribution is -2.19. The lowest BCUT2D eigenvalue weighted by Gasteiger charge is -2.13. The summed E-state index contributed by atoms with van der Waals surface area (Å²) < 4.78 is 8.25. The number of ether oxygens (including phenoxy) is 1. The monoisotopic (exact) mass is 484 g/mol. The first-order valence-corrected chi connectivity index (χ1v) is 10.2. The number of methoxy groups -OCH3 is 1. The SMILES string of the molecule is COc1cc([N+](=O)[O-])ccc1-n1c(C)cc(/C=N/NC(=O)Cc2ccc(Br)cc2)c1C. The van der Waals surface area contributed by atoms with E-state index in [0.717, 1.165) is 27.0 Å². The fourth-order valence-corrected chi connectivity index (χ4v) is 3.52. The van der Waals surface area contributed by atoms with Crippen LogP contribution in [-0.4, -0.2) is 28.7 Å². The first kappa shape index (κ1) is 22.2. The molecule has 0 spiro atoms. The smallest absolute Gasteiger partial charge is 0.273 e. The summed E-state index contributed by atoms with van der Waals surface area (Å²) >= 11 is 3.37. The van der Waals surface area contributed by atoms with Crippen molar-refractivity contribution in [3.05, 3.63) is 85.6 Å². The van der Waals surface area contributed by atoms with Crippen LogP contribution in [0.3, 0.4) is 0 Å². The van der Waals surface area contributed by atoms with Gasteiger partial charge in [0.2, 0.25) is 5.91 Å². The van der Waals surface area contributed by atoms with E-state index in [1.807, 2.05) is 48.7 Å². The van der Waals surface area contributed by atoms with Gasteiger partial charge in [0.25, 0.3) is 5.69 Å². The number of carbonyl (C=O) groups is 1. The second-order valence-electron chi connectivity index (χ2n) is 6.87. The summed E-state index contributed by atoms with van der Waals surface area (Å²) in [7, 11) is 1.47. The van der Waals surface area contributed by atoms with E-state index in [9.17, 15) is 14.9 Å². The summed E-state index contributed by atoms with van der Waals surface area (Å²) in [5.41, 5.74) is 6.63. The quantitative estimate of drug-likeness (QED) is 0.303. The number of carbonyl (C=O) groups excluding carboxylic acids is 1.